The molecule has 0 amide bonds. The maximum atomic E-state index is 12.2. The van der Waals surface area contributed by atoms with Gasteiger partial charge in [-0.2, -0.15) is 18.4 Å². The van der Waals surface area contributed by atoms with E-state index in [1.54, 1.807) is 30.3 Å². The van der Waals surface area contributed by atoms with Gasteiger partial charge in [-0.05, 0) is 47.7 Å². The summed E-state index contributed by atoms with van der Waals surface area (Å²) in [7, 11) is 0. The number of carbonyl (C=O) groups is 2. The molecule has 35 heavy (non-hydrogen) atoms. The first kappa shape index (κ1) is 28.4. The Balaban J connectivity index is 0.000000540. The van der Waals surface area contributed by atoms with Crippen molar-refractivity contribution in [2.45, 2.75) is 49.9 Å². The maximum absolute atomic E-state index is 12.2. The predicted molar refractivity (Wildman–Crippen MR) is 124 cm³/mol. The van der Waals surface area contributed by atoms with E-state index in [0.717, 1.165) is 11.1 Å². The number of aliphatic carboxylic acids is 2. The molecule has 4 atom stereocenters. The van der Waals surface area contributed by atoms with Gasteiger partial charge < -0.3 is 10.2 Å². The maximum Gasteiger partial charge on any atom is 0.490 e. The first-order valence-corrected chi connectivity index (χ1v) is 11.2. The number of nitriles is 1. The van der Waals surface area contributed by atoms with Crippen LogP contribution in [0.5, 0.6) is 0 Å². The Labute approximate surface area is 210 Å². The summed E-state index contributed by atoms with van der Waals surface area (Å²) in [6.07, 6.45) is -4.42. The summed E-state index contributed by atoms with van der Waals surface area (Å²) in [5.74, 6) is -4.05. The van der Waals surface area contributed by atoms with E-state index >= 15 is 0 Å². The molecular formula is C24H23Cl2F3N2O4. The number of hydrogen-bond donors (Lipinski definition) is 3. The molecule has 2 aromatic rings. The van der Waals surface area contributed by atoms with Crippen molar-refractivity contribution in [1.29, 1.82) is 5.26 Å². The van der Waals surface area contributed by atoms with Gasteiger partial charge in [-0.25, -0.2) is 4.79 Å². The number of carboxylic acids is 2. The molecule has 4 unspecified atom stereocenters. The quantitative estimate of drug-likeness (QED) is 0.461. The second kappa shape index (κ2) is 11.3. The lowest BCUT2D eigenvalue weighted by Crippen LogP contribution is -2.42. The van der Waals surface area contributed by atoms with Gasteiger partial charge >= 0.3 is 18.1 Å². The Hall–Kier alpha value is -2.80. The molecule has 0 bridgehead atoms. The lowest BCUT2D eigenvalue weighted by Gasteiger charge is -2.35. The van der Waals surface area contributed by atoms with Crippen LogP contribution in [-0.4, -0.2) is 40.4 Å². The van der Waals surface area contributed by atoms with Gasteiger partial charge in [0.05, 0.1) is 6.07 Å². The highest BCUT2D eigenvalue weighted by Gasteiger charge is 2.59. The molecule has 11 heteroatoms. The molecule has 1 aliphatic rings. The second-order valence-corrected chi connectivity index (χ2v) is 9.36. The van der Waals surface area contributed by atoms with Gasteiger partial charge in [0.25, 0.3) is 0 Å². The summed E-state index contributed by atoms with van der Waals surface area (Å²) >= 11 is 12.3. The van der Waals surface area contributed by atoms with Crippen LogP contribution in [0.15, 0.2) is 48.5 Å². The summed E-state index contributed by atoms with van der Waals surface area (Å²) in [6.45, 7) is 4.13. The van der Waals surface area contributed by atoms with E-state index in [9.17, 15) is 28.3 Å². The van der Waals surface area contributed by atoms with E-state index in [0.29, 0.717) is 16.5 Å². The molecule has 1 aliphatic heterocycles. The molecule has 3 rings (SSSR count). The second-order valence-electron chi connectivity index (χ2n) is 8.49. The van der Waals surface area contributed by atoms with Crippen LogP contribution in [0.2, 0.25) is 10.0 Å². The van der Waals surface area contributed by atoms with Gasteiger partial charge in [0.1, 0.15) is 11.5 Å². The van der Waals surface area contributed by atoms with Crippen LogP contribution in [0, 0.1) is 17.2 Å². The number of nitrogens with zero attached hydrogens (tertiary/aromatic N) is 1. The molecule has 3 N–H and O–H groups in total. The fourth-order valence-electron chi connectivity index (χ4n) is 4.34. The predicted octanol–water partition coefficient (Wildman–Crippen LogP) is 5.64. The number of benzene rings is 2. The summed E-state index contributed by atoms with van der Waals surface area (Å²) in [5.41, 5.74) is 0.421. The van der Waals surface area contributed by atoms with Crippen molar-refractivity contribution in [1.82, 2.24) is 5.32 Å². The standard InChI is InChI=1S/C22H22Cl2N2O2.C2HF3O2/c1-13(2)10-18-22(12-25,15-6-8-16(23)9-7-15)19(20(26-18)21(27)28)14-4-3-5-17(24)11-14;3-2(4,5)1(6)7/h3-9,11,13,18-20,26H,10H2,1-2H3,(H,27,28);(H,6,7). The van der Waals surface area contributed by atoms with Gasteiger partial charge in [-0.3, -0.25) is 10.1 Å². The minimum absolute atomic E-state index is 0.282. The van der Waals surface area contributed by atoms with Crippen molar-refractivity contribution >= 4 is 35.1 Å². The van der Waals surface area contributed by atoms with Crippen molar-refractivity contribution in [2.75, 3.05) is 0 Å². The highest BCUT2D eigenvalue weighted by atomic mass is 35.5. The normalized spacial score (nSPS) is 23.8. The van der Waals surface area contributed by atoms with E-state index in [-0.39, 0.29) is 12.0 Å². The molecule has 188 valence electrons. The average molecular weight is 531 g/mol. The Morgan fingerprint density at radius 2 is 1.69 bits per heavy atom. The number of rotatable bonds is 5. The molecule has 0 saturated carbocycles. The molecule has 1 fully saturated rings. The molecule has 1 saturated heterocycles. The summed E-state index contributed by atoms with van der Waals surface area (Å²) in [5, 5.41) is 31.9. The van der Waals surface area contributed by atoms with E-state index in [1.165, 1.54) is 0 Å². The smallest absolute Gasteiger partial charge is 0.480 e. The van der Waals surface area contributed by atoms with Gasteiger partial charge in [0.2, 0.25) is 0 Å². The van der Waals surface area contributed by atoms with Gasteiger partial charge in [0.15, 0.2) is 0 Å². The third-order valence-corrected chi connectivity index (χ3v) is 6.17. The number of alkyl halides is 3. The van der Waals surface area contributed by atoms with Crippen LogP contribution in [0.1, 0.15) is 37.3 Å². The van der Waals surface area contributed by atoms with E-state index in [1.807, 2.05) is 18.2 Å². The Bertz CT molecular complexity index is 1100. The van der Waals surface area contributed by atoms with Crippen LogP contribution in [0.3, 0.4) is 0 Å². The fraction of sp³-hybridized carbons (Fsp3) is 0.375. The topological polar surface area (TPSA) is 110 Å². The first-order chi connectivity index (χ1) is 16.2. The monoisotopic (exact) mass is 530 g/mol. The van der Waals surface area contributed by atoms with Crippen molar-refractivity contribution in [3.63, 3.8) is 0 Å². The zero-order chi connectivity index (χ0) is 26.6. The van der Waals surface area contributed by atoms with Gasteiger partial charge in [0, 0.05) is 22.0 Å². The van der Waals surface area contributed by atoms with E-state index in [4.69, 9.17) is 33.1 Å². The largest absolute Gasteiger partial charge is 0.490 e. The van der Waals surface area contributed by atoms with E-state index < -0.39 is 35.5 Å². The van der Waals surface area contributed by atoms with Crippen LogP contribution in [0.4, 0.5) is 13.2 Å². The number of carboxylic acid groups (broad SMARTS) is 2. The van der Waals surface area contributed by atoms with Crippen molar-refractivity contribution in [3.8, 4) is 6.07 Å². The van der Waals surface area contributed by atoms with Crippen molar-refractivity contribution in [2.24, 2.45) is 5.92 Å². The molecule has 0 aromatic heterocycles. The molecule has 6 nitrogen and oxygen atoms in total. The lowest BCUT2D eigenvalue weighted by atomic mass is 9.64. The minimum Gasteiger partial charge on any atom is -0.480 e. The summed E-state index contributed by atoms with van der Waals surface area (Å²) in [6, 6.07) is 15.5. The summed E-state index contributed by atoms with van der Waals surface area (Å²) < 4.78 is 31.7. The Kier molecular flexibility index (Phi) is 9.17. The van der Waals surface area contributed by atoms with Crippen molar-refractivity contribution in [3.05, 3.63) is 69.7 Å². The molecule has 0 aliphatic carbocycles. The highest BCUT2D eigenvalue weighted by Crippen LogP contribution is 2.50. The Morgan fingerprint density at radius 1 is 1.11 bits per heavy atom. The SMILES string of the molecule is CC(C)CC1NC(C(=O)O)C(c2cccc(Cl)c2)C1(C#N)c1ccc(Cl)cc1.O=C(O)C(F)(F)F. The highest BCUT2D eigenvalue weighted by molar-refractivity contribution is 6.30. The third-order valence-electron chi connectivity index (χ3n) is 5.68. The first-order valence-electron chi connectivity index (χ1n) is 10.5. The summed E-state index contributed by atoms with van der Waals surface area (Å²) in [4.78, 5) is 21.1. The number of hydrogen-bond acceptors (Lipinski definition) is 4. The lowest BCUT2D eigenvalue weighted by molar-refractivity contribution is -0.192. The zero-order valence-electron chi connectivity index (χ0n) is 18.7. The molecular weight excluding hydrogens is 508 g/mol. The zero-order valence-corrected chi connectivity index (χ0v) is 20.2. The van der Waals surface area contributed by atoms with Crippen LogP contribution in [-0.2, 0) is 15.0 Å². The molecule has 2 aromatic carbocycles. The average Bonchev–Trinajstić information content (AvgIpc) is 3.08. The number of nitrogens with one attached hydrogen (secondary N) is 1. The molecule has 0 spiro atoms. The van der Waals surface area contributed by atoms with Crippen LogP contribution < -0.4 is 5.32 Å². The van der Waals surface area contributed by atoms with Gasteiger partial charge in [-0.1, -0.05) is 61.3 Å². The fourth-order valence-corrected chi connectivity index (χ4v) is 4.66. The number of halogens is 5. The molecule has 1 heterocycles. The van der Waals surface area contributed by atoms with Crippen molar-refractivity contribution < 1.29 is 33.0 Å². The minimum atomic E-state index is -5.08. The van der Waals surface area contributed by atoms with Gasteiger partial charge in [-0.15, -0.1) is 0 Å². The molecule has 0 radical (unpaired) electrons. The van der Waals surface area contributed by atoms with Crippen LogP contribution >= 0.6 is 23.2 Å². The Morgan fingerprint density at radius 3 is 2.11 bits per heavy atom. The van der Waals surface area contributed by atoms with E-state index in [2.05, 4.69) is 25.2 Å². The third kappa shape index (κ3) is 6.45. The van der Waals surface area contributed by atoms with Crippen LogP contribution in [0.25, 0.3) is 0 Å².